The molecule has 1 atom stereocenters. The van der Waals surface area contributed by atoms with E-state index < -0.39 is 5.41 Å². The first-order valence-corrected chi connectivity index (χ1v) is 11.5. The van der Waals surface area contributed by atoms with E-state index in [1.165, 1.54) is 0 Å². The summed E-state index contributed by atoms with van der Waals surface area (Å²) in [6.45, 7) is 5.95. The highest BCUT2D eigenvalue weighted by Crippen LogP contribution is 2.51. The number of amides is 2. The number of benzene rings is 2. The molecule has 4 N–H and O–H groups in total. The number of rotatable bonds is 6. The Morgan fingerprint density at radius 3 is 2.59 bits per heavy atom. The average Bonchev–Trinajstić information content (AvgIpc) is 3.29. The summed E-state index contributed by atoms with van der Waals surface area (Å²) in [5.74, 6) is 1.03. The van der Waals surface area contributed by atoms with E-state index in [0.717, 1.165) is 29.3 Å². The van der Waals surface area contributed by atoms with E-state index in [1.807, 2.05) is 57.2 Å². The summed E-state index contributed by atoms with van der Waals surface area (Å²) in [6.07, 6.45) is 1.55. The van der Waals surface area contributed by atoms with Gasteiger partial charge >= 0.3 is 0 Å². The molecule has 2 heterocycles. The maximum Gasteiger partial charge on any atom is 0.268 e. The van der Waals surface area contributed by atoms with Gasteiger partial charge in [0.05, 0.1) is 18.1 Å². The molecule has 184 valence electrons. The number of aliphatic hydroxyl groups is 1. The standard InChI is InChI=1S/C26H29N3O5.3H2/c1-25(2,3)22(13-30)29-23(31)19-11-15-10-17(5-6-18(15)28-19)27-24(32)26(8-9-26)16-4-7-20-21(12-16)34-14-33-20;;;/h4-7,10-12,22,28,30H,8-9,13-14H2,1-3H3,(H,27,32)(H,29,31);3*1H/t22-;;;/m1.../s1. The highest BCUT2D eigenvalue weighted by Gasteiger charge is 2.51. The number of hydrogen-bond acceptors (Lipinski definition) is 5. The van der Waals surface area contributed by atoms with Crippen molar-refractivity contribution in [2.75, 3.05) is 18.7 Å². The SMILES string of the molecule is CC(C)(C)[C@@H](CO)NC(=O)c1cc2cc(NC(=O)C3(c4ccc5c(c4)OCO5)CC3)ccc2[nH]1.[HH].[HH].[HH]. The molecule has 1 fully saturated rings. The van der Waals surface area contributed by atoms with Crippen molar-refractivity contribution < 1.29 is 28.4 Å². The Morgan fingerprint density at radius 2 is 1.88 bits per heavy atom. The van der Waals surface area contributed by atoms with Gasteiger partial charge < -0.3 is 30.2 Å². The summed E-state index contributed by atoms with van der Waals surface area (Å²) in [6, 6.07) is 12.6. The van der Waals surface area contributed by atoms with E-state index in [4.69, 9.17) is 9.47 Å². The third kappa shape index (κ3) is 3.98. The van der Waals surface area contributed by atoms with Gasteiger partial charge in [-0.05, 0) is 60.2 Å². The maximum absolute atomic E-state index is 13.2. The topological polar surface area (TPSA) is 113 Å². The van der Waals surface area contributed by atoms with Crippen molar-refractivity contribution in [3.8, 4) is 11.5 Å². The summed E-state index contributed by atoms with van der Waals surface area (Å²) in [5.41, 5.74) is 1.94. The molecular formula is C26H35N3O5. The number of nitrogens with one attached hydrogen (secondary N) is 3. The van der Waals surface area contributed by atoms with Crippen molar-refractivity contribution >= 4 is 28.4 Å². The molecular weight excluding hydrogens is 434 g/mol. The van der Waals surface area contributed by atoms with Crippen LogP contribution in [0.1, 0.15) is 53.9 Å². The molecule has 34 heavy (non-hydrogen) atoms. The number of anilines is 1. The molecule has 0 unspecified atom stereocenters. The molecule has 5 rings (SSSR count). The highest BCUT2D eigenvalue weighted by atomic mass is 16.7. The fourth-order valence-electron chi connectivity index (χ4n) is 4.32. The number of carbonyl (C=O) groups is 2. The number of H-pyrrole nitrogens is 1. The van der Waals surface area contributed by atoms with Crippen LogP contribution in [0.4, 0.5) is 5.69 Å². The molecule has 8 nitrogen and oxygen atoms in total. The number of ether oxygens (including phenoxy) is 2. The third-order valence-corrected chi connectivity index (χ3v) is 6.77. The molecule has 3 aromatic rings. The molecule has 0 spiro atoms. The maximum atomic E-state index is 13.2. The zero-order valence-electron chi connectivity index (χ0n) is 19.5. The molecule has 1 aliphatic heterocycles. The summed E-state index contributed by atoms with van der Waals surface area (Å²) < 4.78 is 10.9. The average molecular weight is 470 g/mol. The first-order chi connectivity index (χ1) is 16.2. The van der Waals surface area contributed by atoms with Gasteiger partial charge in [-0.2, -0.15) is 0 Å². The van der Waals surface area contributed by atoms with Crippen molar-refractivity contribution in [2.24, 2.45) is 5.41 Å². The van der Waals surface area contributed by atoms with Gasteiger partial charge in [-0.1, -0.05) is 26.8 Å². The smallest absolute Gasteiger partial charge is 0.268 e. The van der Waals surface area contributed by atoms with Gasteiger partial charge in [0.15, 0.2) is 11.5 Å². The van der Waals surface area contributed by atoms with Crippen molar-refractivity contribution in [1.82, 2.24) is 10.3 Å². The largest absolute Gasteiger partial charge is 0.454 e. The second kappa shape index (κ2) is 8.06. The first-order valence-electron chi connectivity index (χ1n) is 11.5. The first kappa shape index (κ1) is 22.3. The third-order valence-electron chi connectivity index (χ3n) is 6.77. The van der Waals surface area contributed by atoms with E-state index >= 15 is 0 Å². The monoisotopic (exact) mass is 469 g/mol. The van der Waals surface area contributed by atoms with Crippen LogP contribution in [0, 0.1) is 5.41 Å². The van der Waals surface area contributed by atoms with Gasteiger partial charge in [-0.15, -0.1) is 0 Å². The molecule has 8 heteroatoms. The molecule has 1 aromatic heterocycles. The Kier molecular flexibility index (Phi) is 5.28. The Labute approximate surface area is 202 Å². The fraction of sp³-hybridized carbons (Fsp3) is 0.385. The number of fused-ring (bicyclic) bond motifs is 2. The predicted octanol–water partition coefficient (Wildman–Crippen LogP) is 4.44. The number of hydrogen-bond donors (Lipinski definition) is 4. The van der Waals surface area contributed by atoms with E-state index in [-0.39, 0.29) is 41.0 Å². The fourth-order valence-corrected chi connectivity index (χ4v) is 4.32. The van der Waals surface area contributed by atoms with Crippen molar-refractivity contribution in [3.63, 3.8) is 0 Å². The summed E-state index contributed by atoms with van der Waals surface area (Å²) >= 11 is 0. The minimum atomic E-state index is -0.564. The Bertz CT molecular complexity index is 1280. The number of carbonyl (C=O) groups excluding carboxylic acids is 2. The molecule has 1 aliphatic carbocycles. The Hall–Kier alpha value is -3.52. The lowest BCUT2D eigenvalue weighted by Gasteiger charge is -2.29. The molecule has 2 aromatic carbocycles. The van der Waals surface area contributed by atoms with Crippen LogP contribution in [-0.4, -0.2) is 41.3 Å². The Morgan fingerprint density at radius 1 is 1.12 bits per heavy atom. The lowest BCUT2D eigenvalue weighted by molar-refractivity contribution is -0.118. The van der Waals surface area contributed by atoms with Crippen LogP contribution in [-0.2, 0) is 10.2 Å². The summed E-state index contributed by atoms with van der Waals surface area (Å²) in [5, 5.41) is 16.4. The molecule has 2 amide bonds. The summed E-state index contributed by atoms with van der Waals surface area (Å²) in [4.78, 5) is 29.1. The number of aromatic nitrogens is 1. The van der Waals surface area contributed by atoms with Gasteiger partial charge in [-0.25, -0.2) is 0 Å². The second-order valence-electron chi connectivity index (χ2n) is 10.2. The van der Waals surface area contributed by atoms with Crippen LogP contribution in [0.5, 0.6) is 11.5 Å². The molecule has 0 bridgehead atoms. The molecule has 0 saturated heterocycles. The number of aromatic amines is 1. The quantitative estimate of drug-likeness (QED) is 0.426. The number of aliphatic hydroxyl groups excluding tert-OH is 1. The van der Waals surface area contributed by atoms with E-state index in [9.17, 15) is 14.7 Å². The van der Waals surface area contributed by atoms with Crippen molar-refractivity contribution in [3.05, 3.63) is 53.7 Å². The van der Waals surface area contributed by atoms with Crippen LogP contribution >= 0.6 is 0 Å². The minimum absolute atomic E-state index is 0. The molecule has 2 aliphatic rings. The van der Waals surface area contributed by atoms with E-state index in [0.29, 0.717) is 22.9 Å². The lowest BCUT2D eigenvalue weighted by Crippen LogP contribution is -2.46. The zero-order valence-corrected chi connectivity index (χ0v) is 19.5. The van der Waals surface area contributed by atoms with Crippen LogP contribution < -0.4 is 20.1 Å². The zero-order chi connectivity index (χ0) is 24.1. The van der Waals surface area contributed by atoms with Crippen LogP contribution in [0.25, 0.3) is 10.9 Å². The second-order valence-corrected chi connectivity index (χ2v) is 10.2. The van der Waals surface area contributed by atoms with Crippen molar-refractivity contribution in [2.45, 2.75) is 45.1 Å². The van der Waals surface area contributed by atoms with E-state index in [2.05, 4.69) is 15.6 Å². The van der Waals surface area contributed by atoms with Crippen molar-refractivity contribution in [1.29, 1.82) is 0 Å². The van der Waals surface area contributed by atoms with Crippen LogP contribution in [0.2, 0.25) is 0 Å². The van der Waals surface area contributed by atoms with E-state index in [1.54, 1.807) is 6.07 Å². The van der Waals surface area contributed by atoms with Gasteiger partial charge in [0, 0.05) is 20.9 Å². The van der Waals surface area contributed by atoms with Gasteiger partial charge in [0.2, 0.25) is 12.7 Å². The summed E-state index contributed by atoms with van der Waals surface area (Å²) in [7, 11) is 0. The lowest BCUT2D eigenvalue weighted by atomic mass is 9.87. The van der Waals surface area contributed by atoms with Gasteiger partial charge in [0.25, 0.3) is 5.91 Å². The van der Waals surface area contributed by atoms with Crippen LogP contribution in [0.3, 0.4) is 0 Å². The molecule has 1 saturated carbocycles. The van der Waals surface area contributed by atoms with Gasteiger partial charge in [-0.3, -0.25) is 9.59 Å². The van der Waals surface area contributed by atoms with Gasteiger partial charge in [0.1, 0.15) is 5.69 Å². The molecule has 0 radical (unpaired) electrons. The minimum Gasteiger partial charge on any atom is -0.454 e. The Balaban J connectivity index is 0.00000160. The normalized spacial score (nSPS) is 16.8. The van der Waals surface area contributed by atoms with Crippen LogP contribution in [0.15, 0.2) is 42.5 Å². The highest BCUT2D eigenvalue weighted by molar-refractivity contribution is 6.03. The predicted molar refractivity (Wildman–Crippen MR) is 135 cm³/mol.